The van der Waals surface area contributed by atoms with Gasteiger partial charge in [-0.05, 0) is 37.1 Å². The number of aryl methyl sites for hydroxylation is 1. The molecule has 19 heavy (non-hydrogen) atoms. The van der Waals surface area contributed by atoms with Crippen molar-refractivity contribution < 1.29 is 13.9 Å². The lowest BCUT2D eigenvalue weighted by Gasteiger charge is -2.06. The van der Waals surface area contributed by atoms with Gasteiger partial charge in [-0.3, -0.25) is 4.79 Å². The maximum Gasteiger partial charge on any atom is 0.287 e. The van der Waals surface area contributed by atoms with Crippen LogP contribution in [0.3, 0.4) is 0 Å². The molecule has 1 N–H and O–H groups in total. The van der Waals surface area contributed by atoms with Crippen LogP contribution in [0.2, 0.25) is 0 Å². The van der Waals surface area contributed by atoms with Crippen LogP contribution >= 0.6 is 0 Å². The summed E-state index contributed by atoms with van der Waals surface area (Å²) in [5.41, 5.74) is 1.97. The Balaban J connectivity index is 1.86. The zero-order valence-electron chi connectivity index (χ0n) is 11.1. The number of ether oxygens (including phenoxy) is 1. The van der Waals surface area contributed by atoms with Gasteiger partial charge in [-0.25, -0.2) is 0 Å². The molecule has 0 aliphatic carbocycles. The van der Waals surface area contributed by atoms with Gasteiger partial charge in [0.25, 0.3) is 5.91 Å². The first-order chi connectivity index (χ1) is 9.20. The predicted octanol–water partition coefficient (Wildman–Crippen LogP) is 2.57. The molecule has 0 aliphatic heterocycles. The van der Waals surface area contributed by atoms with Crippen molar-refractivity contribution in [1.82, 2.24) is 5.32 Å². The summed E-state index contributed by atoms with van der Waals surface area (Å²) < 4.78 is 10.3. The molecule has 1 heterocycles. The Morgan fingerprint density at radius 2 is 2.21 bits per heavy atom. The molecule has 0 atom stereocenters. The van der Waals surface area contributed by atoms with Crippen LogP contribution in [0.4, 0.5) is 0 Å². The van der Waals surface area contributed by atoms with Crippen molar-refractivity contribution in [3.05, 3.63) is 53.5 Å². The second-order valence-electron chi connectivity index (χ2n) is 4.29. The Bertz CT molecular complexity index is 560. The molecule has 0 spiro atoms. The smallest absolute Gasteiger partial charge is 0.287 e. The normalized spacial score (nSPS) is 10.2. The highest BCUT2D eigenvalue weighted by Crippen LogP contribution is 2.13. The quantitative estimate of drug-likeness (QED) is 0.897. The highest BCUT2D eigenvalue weighted by atomic mass is 16.5. The summed E-state index contributed by atoms with van der Waals surface area (Å²) in [6, 6.07) is 9.58. The van der Waals surface area contributed by atoms with Crippen molar-refractivity contribution in [2.75, 3.05) is 13.7 Å². The third-order valence-electron chi connectivity index (χ3n) is 2.90. The lowest BCUT2D eigenvalue weighted by Crippen LogP contribution is -2.25. The van der Waals surface area contributed by atoms with Crippen LogP contribution < -0.4 is 10.1 Å². The number of benzene rings is 1. The van der Waals surface area contributed by atoms with E-state index >= 15 is 0 Å². The number of furan rings is 1. The van der Waals surface area contributed by atoms with Gasteiger partial charge in [0.2, 0.25) is 0 Å². The fraction of sp³-hybridized carbons (Fsp3) is 0.267. The number of hydrogen-bond donors (Lipinski definition) is 1. The Morgan fingerprint density at radius 1 is 1.37 bits per heavy atom. The molecule has 2 rings (SSSR count). The van der Waals surface area contributed by atoms with Gasteiger partial charge in [0.05, 0.1) is 13.4 Å². The number of carbonyl (C=O) groups is 1. The molecule has 1 amide bonds. The van der Waals surface area contributed by atoms with E-state index in [1.54, 1.807) is 13.2 Å². The van der Waals surface area contributed by atoms with E-state index in [0.717, 1.165) is 23.3 Å². The monoisotopic (exact) mass is 259 g/mol. The number of methoxy groups -OCH3 is 1. The van der Waals surface area contributed by atoms with E-state index in [-0.39, 0.29) is 5.91 Å². The van der Waals surface area contributed by atoms with E-state index in [1.165, 1.54) is 6.26 Å². The fourth-order valence-corrected chi connectivity index (χ4v) is 1.83. The lowest BCUT2D eigenvalue weighted by molar-refractivity contribution is 0.0925. The number of rotatable bonds is 5. The highest BCUT2D eigenvalue weighted by Gasteiger charge is 2.11. The average Bonchev–Trinajstić information content (AvgIpc) is 2.85. The van der Waals surface area contributed by atoms with Gasteiger partial charge in [0.15, 0.2) is 5.76 Å². The number of amides is 1. The molecule has 2 aromatic rings. The van der Waals surface area contributed by atoms with Crippen molar-refractivity contribution in [2.45, 2.75) is 13.3 Å². The molecule has 0 unspecified atom stereocenters. The Kier molecular flexibility index (Phi) is 4.23. The van der Waals surface area contributed by atoms with Crippen molar-refractivity contribution in [3.8, 4) is 5.75 Å². The van der Waals surface area contributed by atoms with Gasteiger partial charge >= 0.3 is 0 Å². The van der Waals surface area contributed by atoms with Crippen LogP contribution in [0.25, 0.3) is 0 Å². The van der Waals surface area contributed by atoms with Gasteiger partial charge in [-0.1, -0.05) is 12.1 Å². The molecule has 0 radical (unpaired) electrons. The molecule has 1 aromatic carbocycles. The first kappa shape index (κ1) is 13.2. The molecule has 100 valence electrons. The van der Waals surface area contributed by atoms with E-state index in [1.807, 2.05) is 31.2 Å². The zero-order chi connectivity index (χ0) is 13.7. The standard InChI is InChI=1S/C15H17NO3/c1-11-7-9-19-14(11)15(17)16-8-6-12-4-3-5-13(10-12)18-2/h3-5,7,9-10H,6,8H2,1-2H3,(H,16,17). The summed E-state index contributed by atoms with van der Waals surface area (Å²) in [6.45, 7) is 2.41. The van der Waals surface area contributed by atoms with Crippen molar-refractivity contribution in [2.24, 2.45) is 0 Å². The average molecular weight is 259 g/mol. The first-order valence-corrected chi connectivity index (χ1v) is 6.16. The number of hydrogen-bond acceptors (Lipinski definition) is 3. The lowest BCUT2D eigenvalue weighted by atomic mass is 10.1. The van der Waals surface area contributed by atoms with Crippen LogP contribution in [-0.4, -0.2) is 19.6 Å². The topological polar surface area (TPSA) is 51.5 Å². The van der Waals surface area contributed by atoms with Gasteiger partial charge in [-0.2, -0.15) is 0 Å². The molecule has 0 fully saturated rings. The third kappa shape index (κ3) is 3.37. The van der Waals surface area contributed by atoms with Crippen molar-refractivity contribution in [1.29, 1.82) is 0 Å². The van der Waals surface area contributed by atoms with Gasteiger partial charge < -0.3 is 14.5 Å². The molecule has 1 aromatic heterocycles. The van der Waals surface area contributed by atoms with Gasteiger partial charge in [0, 0.05) is 12.1 Å². The minimum Gasteiger partial charge on any atom is -0.497 e. The summed E-state index contributed by atoms with van der Waals surface area (Å²) in [6.07, 6.45) is 2.27. The van der Waals surface area contributed by atoms with Gasteiger partial charge in [0.1, 0.15) is 5.75 Å². The van der Waals surface area contributed by atoms with Crippen LogP contribution in [0.1, 0.15) is 21.7 Å². The minimum atomic E-state index is -0.176. The van der Waals surface area contributed by atoms with E-state index in [4.69, 9.17) is 9.15 Å². The van der Waals surface area contributed by atoms with Crippen LogP contribution in [-0.2, 0) is 6.42 Å². The van der Waals surface area contributed by atoms with Gasteiger partial charge in [-0.15, -0.1) is 0 Å². The second-order valence-corrected chi connectivity index (χ2v) is 4.29. The SMILES string of the molecule is COc1cccc(CCNC(=O)c2occc2C)c1. The fourth-order valence-electron chi connectivity index (χ4n) is 1.83. The Hall–Kier alpha value is -2.23. The molecule has 4 heteroatoms. The summed E-state index contributed by atoms with van der Waals surface area (Å²) in [5.74, 6) is 1.03. The van der Waals surface area contributed by atoms with E-state index in [9.17, 15) is 4.79 Å². The molecular formula is C15H17NO3. The van der Waals surface area contributed by atoms with Crippen LogP contribution in [0.15, 0.2) is 41.0 Å². The Morgan fingerprint density at radius 3 is 2.89 bits per heavy atom. The number of carbonyl (C=O) groups excluding carboxylic acids is 1. The second kappa shape index (κ2) is 6.09. The maximum atomic E-state index is 11.8. The van der Waals surface area contributed by atoms with E-state index in [2.05, 4.69) is 5.32 Å². The molecular weight excluding hydrogens is 242 g/mol. The highest BCUT2D eigenvalue weighted by molar-refractivity contribution is 5.92. The number of nitrogens with one attached hydrogen (secondary N) is 1. The molecule has 0 saturated carbocycles. The summed E-state index contributed by atoms with van der Waals surface area (Å²) in [4.78, 5) is 11.8. The largest absolute Gasteiger partial charge is 0.497 e. The summed E-state index contributed by atoms with van der Waals surface area (Å²) in [5, 5.41) is 2.84. The molecule has 0 bridgehead atoms. The van der Waals surface area contributed by atoms with E-state index in [0.29, 0.717) is 12.3 Å². The van der Waals surface area contributed by atoms with Crippen LogP contribution in [0, 0.1) is 6.92 Å². The Labute approximate surface area is 112 Å². The molecule has 0 saturated heterocycles. The zero-order valence-corrected chi connectivity index (χ0v) is 11.1. The van der Waals surface area contributed by atoms with Crippen molar-refractivity contribution in [3.63, 3.8) is 0 Å². The predicted molar refractivity (Wildman–Crippen MR) is 72.5 cm³/mol. The maximum absolute atomic E-state index is 11.8. The third-order valence-corrected chi connectivity index (χ3v) is 2.90. The summed E-state index contributed by atoms with van der Waals surface area (Å²) in [7, 11) is 1.64. The first-order valence-electron chi connectivity index (χ1n) is 6.16. The molecule has 0 aliphatic rings. The summed E-state index contributed by atoms with van der Waals surface area (Å²) >= 11 is 0. The van der Waals surface area contributed by atoms with E-state index < -0.39 is 0 Å². The van der Waals surface area contributed by atoms with Crippen molar-refractivity contribution >= 4 is 5.91 Å². The molecule has 4 nitrogen and oxygen atoms in total. The minimum absolute atomic E-state index is 0.176. The van der Waals surface area contributed by atoms with Crippen LogP contribution in [0.5, 0.6) is 5.75 Å².